The van der Waals surface area contributed by atoms with E-state index in [4.69, 9.17) is 27.2 Å². The fourth-order valence-corrected chi connectivity index (χ4v) is 1.99. The number of guanidine groups is 1. The first-order valence-corrected chi connectivity index (χ1v) is 6.49. The van der Waals surface area contributed by atoms with Gasteiger partial charge < -0.3 is 20.6 Å². The molecule has 0 aliphatic heterocycles. The summed E-state index contributed by atoms with van der Waals surface area (Å²) in [4.78, 5) is 29.0. The van der Waals surface area contributed by atoms with Crippen LogP contribution >= 0.6 is 11.6 Å². The van der Waals surface area contributed by atoms with E-state index >= 15 is 0 Å². The van der Waals surface area contributed by atoms with Crippen molar-refractivity contribution in [3.05, 3.63) is 28.9 Å². The molecule has 1 heterocycles. The van der Waals surface area contributed by atoms with Crippen LogP contribution in [0.1, 0.15) is 10.5 Å². The molecule has 0 aliphatic carbocycles. The highest BCUT2D eigenvalue weighted by molar-refractivity contribution is 6.35. The van der Waals surface area contributed by atoms with Gasteiger partial charge in [-0.25, -0.2) is 4.79 Å². The smallest absolute Gasteiger partial charge is 0.341 e. The molecule has 2 rings (SSSR count). The molecular formula is C13H13ClN4O4. The Morgan fingerprint density at radius 2 is 2.23 bits per heavy atom. The molecule has 116 valence electrons. The third kappa shape index (κ3) is 3.29. The van der Waals surface area contributed by atoms with E-state index in [1.807, 2.05) is 0 Å². The highest BCUT2D eigenvalue weighted by atomic mass is 35.5. The number of carbonyl (C=O) groups is 2. The largest absolute Gasteiger partial charge is 0.480 e. The minimum absolute atomic E-state index is 0.0305. The average Bonchev–Trinajstić information content (AvgIpc) is 2.92. The number of nitrogens with one attached hydrogen (secondary N) is 2. The molecule has 0 atom stereocenters. The molecule has 0 saturated carbocycles. The molecule has 22 heavy (non-hydrogen) atoms. The maximum atomic E-state index is 12.0. The van der Waals surface area contributed by atoms with E-state index in [0.717, 1.165) is 0 Å². The fourth-order valence-electron chi connectivity index (χ4n) is 1.78. The molecule has 0 bridgehead atoms. The van der Waals surface area contributed by atoms with Crippen LogP contribution in [0, 0.1) is 0 Å². The number of carboxylic acid groups (broad SMARTS) is 1. The molecule has 0 aliphatic rings. The third-order valence-electron chi connectivity index (χ3n) is 2.78. The van der Waals surface area contributed by atoms with Crippen LogP contribution in [0.15, 0.2) is 23.2 Å². The first-order chi connectivity index (χ1) is 10.4. The Morgan fingerprint density at radius 3 is 2.86 bits per heavy atom. The van der Waals surface area contributed by atoms with E-state index in [0.29, 0.717) is 15.9 Å². The van der Waals surface area contributed by atoms with E-state index in [-0.39, 0.29) is 17.4 Å². The molecule has 8 nitrogen and oxygen atoms in total. The van der Waals surface area contributed by atoms with Gasteiger partial charge in [-0.15, -0.1) is 0 Å². The topological polar surface area (TPSA) is 130 Å². The van der Waals surface area contributed by atoms with Crippen molar-refractivity contribution < 1.29 is 19.4 Å². The Morgan fingerprint density at radius 1 is 1.50 bits per heavy atom. The van der Waals surface area contributed by atoms with Crippen molar-refractivity contribution in [3.63, 3.8) is 0 Å². The quantitative estimate of drug-likeness (QED) is 0.491. The number of carbonyl (C=O) groups excluding carboxylic acids is 1. The van der Waals surface area contributed by atoms with Crippen molar-refractivity contribution in [1.29, 1.82) is 0 Å². The summed E-state index contributed by atoms with van der Waals surface area (Å²) in [5, 5.41) is 12.0. The molecule has 0 radical (unpaired) electrons. The maximum Gasteiger partial charge on any atom is 0.341 e. The maximum absolute atomic E-state index is 12.0. The van der Waals surface area contributed by atoms with Crippen molar-refractivity contribution in [3.8, 4) is 5.75 Å². The number of H-pyrrole nitrogens is 1. The second-order valence-electron chi connectivity index (χ2n) is 4.26. The van der Waals surface area contributed by atoms with E-state index < -0.39 is 18.5 Å². The van der Waals surface area contributed by atoms with E-state index in [2.05, 4.69) is 15.3 Å². The summed E-state index contributed by atoms with van der Waals surface area (Å²) in [5.74, 6) is -1.37. The average molecular weight is 325 g/mol. The zero-order valence-electron chi connectivity index (χ0n) is 11.5. The number of hydrogen-bond acceptors (Lipinski definition) is 4. The first-order valence-electron chi connectivity index (χ1n) is 6.11. The molecule has 2 aromatic rings. The number of nitrogens with two attached hydrogens (primary N) is 1. The van der Waals surface area contributed by atoms with Crippen molar-refractivity contribution in [2.45, 2.75) is 0 Å². The molecule has 1 aromatic carbocycles. The molecular weight excluding hydrogens is 312 g/mol. The minimum Gasteiger partial charge on any atom is -0.480 e. The number of rotatable bonds is 4. The van der Waals surface area contributed by atoms with Gasteiger partial charge in [0.15, 0.2) is 12.6 Å². The van der Waals surface area contributed by atoms with Gasteiger partial charge in [-0.05, 0) is 18.2 Å². The molecule has 0 unspecified atom stereocenters. The monoisotopic (exact) mass is 324 g/mol. The highest BCUT2D eigenvalue weighted by Gasteiger charge is 2.15. The summed E-state index contributed by atoms with van der Waals surface area (Å²) >= 11 is 6.07. The molecule has 1 amide bonds. The number of fused-ring (bicyclic) bond motifs is 1. The highest BCUT2D eigenvalue weighted by Crippen LogP contribution is 2.31. The van der Waals surface area contributed by atoms with E-state index in [1.54, 1.807) is 6.07 Å². The Bertz CT molecular complexity index is 769. The Balaban J connectivity index is 2.39. The van der Waals surface area contributed by atoms with Gasteiger partial charge in [0.2, 0.25) is 0 Å². The predicted molar refractivity (Wildman–Crippen MR) is 81.5 cm³/mol. The number of aliphatic carboxylic acids is 1. The standard InChI is InChI=1S/C13H13ClN4O4/c1-16-13(15)18-12(21)8-4-6-7(14)2-3-9(11(6)17-8)22-5-10(19)20/h2-4,17H,5H2,1H3,(H,19,20)(H3,15,16,18,21). The Labute approximate surface area is 129 Å². The zero-order chi connectivity index (χ0) is 16.3. The number of hydrogen-bond donors (Lipinski definition) is 4. The lowest BCUT2D eigenvalue weighted by atomic mass is 10.2. The molecule has 9 heteroatoms. The summed E-state index contributed by atoms with van der Waals surface area (Å²) < 4.78 is 5.16. The van der Waals surface area contributed by atoms with Gasteiger partial charge in [-0.3, -0.25) is 15.1 Å². The zero-order valence-corrected chi connectivity index (χ0v) is 12.3. The van der Waals surface area contributed by atoms with Crippen LogP contribution < -0.4 is 15.8 Å². The molecule has 0 fully saturated rings. The number of ether oxygens (including phenoxy) is 1. The number of aromatic nitrogens is 1. The normalized spacial score (nSPS) is 11.5. The number of aliphatic imine (C=N–C) groups is 1. The lowest BCUT2D eigenvalue weighted by molar-refractivity contribution is -0.139. The van der Waals surface area contributed by atoms with Gasteiger partial charge in [0, 0.05) is 12.4 Å². The summed E-state index contributed by atoms with van der Waals surface area (Å²) in [6.45, 7) is -0.507. The van der Waals surface area contributed by atoms with Crippen LogP contribution in [0.2, 0.25) is 5.02 Å². The summed E-state index contributed by atoms with van der Waals surface area (Å²) in [7, 11) is 1.44. The predicted octanol–water partition coefficient (Wildman–Crippen LogP) is 0.959. The van der Waals surface area contributed by atoms with Crippen molar-refractivity contribution in [2.75, 3.05) is 13.7 Å². The molecule has 5 N–H and O–H groups in total. The molecule has 1 aromatic heterocycles. The van der Waals surface area contributed by atoms with Crippen LogP contribution in [0.3, 0.4) is 0 Å². The number of nitrogens with zero attached hydrogens (tertiary/aromatic N) is 1. The number of amides is 1. The Kier molecular flexibility index (Phi) is 4.52. The van der Waals surface area contributed by atoms with Crippen LogP contribution in [0.25, 0.3) is 10.9 Å². The molecule has 0 spiro atoms. The van der Waals surface area contributed by atoms with Crippen molar-refractivity contribution >= 4 is 40.3 Å². The van der Waals surface area contributed by atoms with Crippen LogP contribution in [0.4, 0.5) is 0 Å². The van der Waals surface area contributed by atoms with Crippen LogP contribution in [-0.2, 0) is 4.79 Å². The second-order valence-corrected chi connectivity index (χ2v) is 4.67. The number of halogens is 1. The van der Waals surface area contributed by atoms with Crippen molar-refractivity contribution in [2.24, 2.45) is 10.7 Å². The first kappa shape index (κ1) is 15.6. The number of carboxylic acids is 1. The van der Waals surface area contributed by atoms with Crippen LogP contribution in [-0.4, -0.2) is 41.6 Å². The van der Waals surface area contributed by atoms with Gasteiger partial charge in [-0.2, -0.15) is 0 Å². The number of benzene rings is 1. The summed E-state index contributed by atoms with van der Waals surface area (Å²) in [6, 6.07) is 4.59. The Hall–Kier alpha value is -2.74. The van der Waals surface area contributed by atoms with E-state index in [9.17, 15) is 9.59 Å². The molecule has 0 saturated heterocycles. The van der Waals surface area contributed by atoms with Crippen LogP contribution in [0.5, 0.6) is 5.75 Å². The lowest BCUT2D eigenvalue weighted by Gasteiger charge is -2.05. The summed E-state index contributed by atoms with van der Waals surface area (Å²) in [5.41, 5.74) is 6.05. The second kappa shape index (κ2) is 6.35. The third-order valence-corrected chi connectivity index (χ3v) is 3.11. The van der Waals surface area contributed by atoms with E-state index in [1.165, 1.54) is 19.2 Å². The van der Waals surface area contributed by atoms with Gasteiger partial charge in [0.25, 0.3) is 5.91 Å². The van der Waals surface area contributed by atoms with Crippen molar-refractivity contribution in [1.82, 2.24) is 10.3 Å². The lowest BCUT2D eigenvalue weighted by Crippen LogP contribution is -2.36. The van der Waals surface area contributed by atoms with Gasteiger partial charge in [0.05, 0.1) is 10.5 Å². The SMILES string of the molecule is CN=C(N)NC(=O)c1cc2c(Cl)ccc(OCC(=O)O)c2[nH]1. The fraction of sp³-hybridized carbons (Fsp3) is 0.154. The minimum atomic E-state index is -1.11. The van der Waals surface area contributed by atoms with Gasteiger partial charge in [-0.1, -0.05) is 11.6 Å². The van der Waals surface area contributed by atoms with Gasteiger partial charge in [0.1, 0.15) is 11.4 Å². The van der Waals surface area contributed by atoms with Gasteiger partial charge >= 0.3 is 5.97 Å². The number of aromatic amines is 1. The summed E-state index contributed by atoms with van der Waals surface area (Å²) in [6.07, 6.45) is 0.